The summed E-state index contributed by atoms with van der Waals surface area (Å²) in [6.07, 6.45) is 3.88. The van der Waals surface area contributed by atoms with Crippen LogP contribution in [0.3, 0.4) is 0 Å². The van der Waals surface area contributed by atoms with Crippen LogP contribution in [0.25, 0.3) is 0 Å². The third kappa shape index (κ3) is 4.22. The lowest BCUT2D eigenvalue weighted by atomic mass is 9.52. The van der Waals surface area contributed by atoms with Gasteiger partial charge in [-0.25, -0.2) is 4.79 Å². The van der Waals surface area contributed by atoms with Gasteiger partial charge in [0.2, 0.25) is 0 Å². The van der Waals surface area contributed by atoms with Crippen molar-refractivity contribution in [3.8, 4) is 5.75 Å². The molecule has 0 radical (unpaired) electrons. The Morgan fingerprint density at radius 3 is 2.56 bits per heavy atom. The van der Waals surface area contributed by atoms with Gasteiger partial charge in [-0.2, -0.15) is 0 Å². The summed E-state index contributed by atoms with van der Waals surface area (Å²) < 4.78 is 0. The maximum absolute atomic E-state index is 13.1. The number of phenols is 1. The largest absolute Gasteiger partial charge is 0.508 e. The maximum Gasteiger partial charge on any atom is 0.335 e. The molecule has 8 heteroatoms. The van der Waals surface area contributed by atoms with Gasteiger partial charge in [-0.1, -0.05) is 18.9 Å². The number of fused-ring (bicyclic) bond motifs is 1. The molecule has 2 aliphatic carbocycles. The number of hydrogen-bond donors (Lipinski definition) is 4. The molecule has 2 bridgehead atoms. The van der Waals surface area contributed by atoms with Gasteiger partial charge in [-0.15, -0.1) is 6.58 Å². The number of carboxylic acid groups (broad SMARTS) is 1. The Morgan fingerprint density at radius 2 is 1.97 bits per heavy atom. The molecule has 1 saturated heterocycles. The fourth-order valence-corrected chi connectivity index (χ4v) is 5.64. The van der Waals surface area contributed by atoms with Crippen molar-refractivity contribution in [1.29, 1.82) is 0 Å². The highest BCUT2D eigenvalue weighted by atomic mass is 16.4. The van der Waals surface area contributed by atoms with E-state index in [4.69, 9.17) is 15.3 Å². The minimum atomic E-state index is -2.02. The van der Waals surface area contributed by atoms with E-state index in [1.165, 1.54) is 12.8 Å². The van der Waals surface area contributed by atoms with Crippen LogP contribution in [0.1, 0.15) is 54.9 Å². The molecule has 174 valence electrons. The molecule has 1 heterocycles. The van der Waals surface area contributed by atoms with E-state index in [1.807, 2.05) is 18.2 Å². The lowest BCUT2D eigenvalue weighted by Gasteiger charge is -2.58. The highest BCUT2D eigenvalue weighted by Gasteiger charge is 2.56. The molecular weight excluding hydrogens is 414 g/mol. The van der Waals surface area contributed by atoms with Gasteiger partial charge in [-0.05, 0) is 55.9 Å². The van der Waals surface area contributed by atoms with Gasteiger partial charge in [0.15, 0.2) is 17.7 Å². The minimum absolute atomic E-state index is 0.00379. The molecule has 1 unspecified atom stereocenters. The average Bonchev–Trinajstić information content (AvgIpc) is 2.77. The number of carbonyl (C=O) groups is 3. The number of aliphatic hydroxyl groups is 2. The Morgan fingerprint density at radius 1 is 1.25 bits per heavy atom. The fraction of sp³-hybridized carbons (Fsp3) is 0.542. The summed E-state index contributed by atoms with van der Waals surface area (Å²) in [4.78, 5) is 35.5. The van der Waals surface area contributed by atoms with Crippen LogP contribution >= 0.6 is 0 Å². The van der Waals surface area contributed by atoms with Gasteiger partial charge in [0.05, 0.1) is 6.04 Å². The van der Waals surface area contributed by atoms with E-state index < -0.39 is 24.0 Å². The van der Waals surface area contributed by atoms with Crippen molar-refractivity contribution in [2.75, 3.05) is 13.1 Å². The van der Waals surface area contributed by atoms with E-state index in [0.29, 0.717) is 5.92 Å². The van der Waals surface area contributed by atoms with Gasteiger partial charge in [0.25, 0.3) is 0 Å². The summed E-state index contributed by atoms with van der Waals surface area (Å²) in [5, 5.41) is 35.1. The van der Waals surface area contributed by atoms with Crippen LogP contribution in [0.15, 0.2) is 30.9 Å². The predicted molar refractivity (Wildman–Crippen MR) is 117 cm³/mol. The number of benzene rings is 1. The number of aliphatic hydroxyl groups excluding tert-OH is 2. The number of hydrogen-bond acceptors (Lipinski definition) is 7. The standard InChI is InChI=1S/C19H23NO2.C5H8O5/c1-2-10-20-11-9-19-8-4-3-5-15(19)17(20)18(22)14-7-6-13(21)12-16(14)19;1-2(6)3(7)4(8)5(9)10/h2,6-7,12,15,17,21H,1,3-5,8-11H2;3-4,7-8H,1H3,(H,9,10)/t15-,17?,19+;3-,4+/m00/s1. The van der Waals surface area contributed by atoms with Crippen LogP contribution < -0.4 is 0 Å². The second-order valence-corrected chi connectivity index (χ2v) is 8.92. The molecule has 8 nitrogen and oxygen atoms in total. The molecule has 0 aromatic heterocycles. The van der Waals surface area contributed by atoms with E-state index in [2.05, 4.69) is 11.5 Å². The van der Waals surface area contributed by atoms with E-state index in [9.17, 15) is 19.5 Å². The molecular formula is C24H31NO7. The molecule has 0 spiro atoms. The third-order valence-corrected chi connectivity index (χ3v) is 7.12. The zero-order valence-electron chi connectivity index (χ0n) is 18.2. The number of carboxylic acids is 1. The van der Waals surface area contributed by atoms with Crippen LogP contribution in [-0.4, -0.2) is 74.2 Å². The third-order valence-electron chi connectivity index (χ3n) is 7.12. The van der Waals surface area contributed by atoms with Crippen molar-refractivity contribution in [1.82, 2.24) is 4.90 Å². The summed E-state index contributed by atoms with van der Waals surface area (Å²) >= 11 is 0. The SMILES string of the molecule is C=CCN1CC[C@]23CCCC[C@H]2C1C(=O)c1ccc(O)cc13.CC(=O)[C@H](O)[C@@H](O)C(=O)O. The van der Waals surface area contributed by atoms with Gasteiger partial charge in [0.1, 0.15) is 11.9 Å². The number of piperidine rings is 1. The highest BCUT2D eigenvalue weighted by molar-refractivity contribution is 6.04. The molecule has 32 heavy (non-hydrogen) atoms. The lowest BCUT2D eigenvalue weighted by molar-refractivity contribution is -0.156. The number of aromatic hydroxyl groups is 1. The first kappa shape index (κ1) is 24.1. The first-order valence-corrected chi connectivity index (χ1v) is 11.0. The zero-order valence-corrected chi connectivity index (χ0v) is 18.2. The van der Waals surface area contributed by atoms with Crippen LogP contribution in [0.2, 0.25) is 0 Å². The van der Waals surface area contributed by atoms with Crippen molar-refractivity contribution in [2.24, 2.45) is 5.92 Å². The van der Waals surface area contributed by atoms with Crippen molar-refractivity contribution in [3.63, 3.8) is 0 Å². The molecule has 3 aliphatic rings. The topological polar surface area (TPSA) is 135 Å². The van der Waals surface area contributed by atoms with Crippen molar-refractivity contribution >= 4 is 17.5 Å². The van der Waals surface area contributed by atoms with Crippen molar-refractivity contribution in [2.45, 2.75) is 62.7 Å². The number of nitrogens with zero attached hydrogens (tertiary/aromatic N) is 1. The van der Waals surface area contributed by atoms with E-state index in [0.717, 1.165) is 50.4 Å². The summed E-state index contributed by atoms with van der Waals surface area (Å²) in [7, 11) is 0. The molecule has 4 N–H and O–H groups in total. The Labute approximate surface area is 187 Å². The van der Waals surface area contributed by atoms with Crippen molar-refractivity contribution < 1.29 is 34.8 Å². The van der Waals surface area contributed by atoms with Gasteiger partial charge < -0.3 is 20.4 Å². The Kier molecular flexibility index (Phi) is 7.17. The predicted octanol–water partition coefficient (Wildman–Crippen LogP) is 1.66. The summed E-state index contributed by atoms with van der Waals surface area (Å²) in [5.74, 6) is -1.44. The molecule has 1 aromatic rings. The molecule has 0 amide bonds. The molecule has 2 fully saturated rings. The molecule has 1 aliphatic heterocycles. The van der Waals surface area contributed by atoms with Crippen LogP contribution in [0.4, 0.5) is 0 Å². The van der Waals surface area contributed by atoms with Crippen molar-refractivity contribution in [3.05, 3.63) is 42.0 Å². The highest BCUT2D eigenvalue weighted by Crippen LogP contribution is 2.56. The lowest BCUT2D eigenvalue weighted by Crippen LogP contribution is -2.63. The van der Waals surface area contributed by atoms with E-state index >= 15 is 0 Å². The number of phenolic OH excluding ortho intramolecular Hbond substituents is 1. The first-order valence-electron chi connectivity index (χ1n) is 11.0. The number of aliphatic carboxylic acids is 1. The normalized spacial score (nSPS) is 28.3. The van der Waals surface area contributed by atoms with Gasteiger partial charge in [-0.3, -0.25) is 14.5 Å². The fourth-order valence-electron chi connectivity index (χ4n) is 5.64. The van der Waals surface area contributed by atoms with Crippen LogP contribution in [-0.2, 0) is 15.0 Å². The summed E-state index contributed by atoms with van der Waals surface area (Å²) in [6, 6.07) is 5.36. The zero-order chi connectivity index (χ0) is 23.6. The molecule has 1 aromatic carbocycles. The smallest absolute Gasteiger partial charge is 0.335 e. The summed E-state index contributed by atoms with van der Waals surface area (Å²) in [5.41, 5.74) is 2.06. The summed E-state index contributed by atoms with van der Waals surface area (Å²) in [6.45, 7) is 6.60. The maximum atomic E-state index is 13.1. The van der Waals surface area contributed by atoms with Gasteiger partial charge in [0, 0.05) is 24.1 Å². The number of carbonyl (C=O) groups excluding carboxylic acids is 2. The number of ketones is 2. The van der Waals surface area contributed by atoms with E-state index in [1.54, 1.807) is 6.07 Å². The Balaban J connectivity index is 0.000000247. The number of Topliss-reactive ketones (excluding diaryl/α,β-unsaturated/α-hetero) is 2. The molecule has 1 saturated carbocycles. The molecule has 5 atom stereocenters. The quantitative estimate of drug-likeness (QED) is 0.503. The number of rotatable bonds is 5. The van der Waals surface area contributed by atoms with Gasteiger partial charge >= 0.3 is 5.97 Å². The average molecular weight is 446 g/mol. The van der Waals surface area contributed by atoms with E-state index in [-0.39, 0.29) is 23.0 Å². The van der Waals surface area contributed by atoms with Crippen LogP contribution in [0.5, 0.6) is 5.75 Å². The second kappa shape index (κ2) is 9.52. The first-order chi connectivity index (χ1) is 15.1. The molecule has 4 rings (SSSR count). The Hall–Kier alpha value is -2.55. The number of likely N-dealkylation sites (tertiary alicyclic amines) is 1. The second-order valence-electron chi connectivity index (χ2n) is 8.92. The Bertz CT molecular complexity index is 896. The monoisotopic (exact) mass is 445 g/mol. The van der Waals surface area contributed by atoms with Crippen LogP contribution in [0, 0.1) is 5.92 Å². The minimum Gasteiger partial charge on any atom is -0.508 e.